The Bertz CT molecular complexity index is 252. The highest BCUT2D eigenvalue weighted by Crippen LogP contribution is 2.24. The van der Waals surface area contributed by atoms with Crippen molar-refractivity contribution >= 4 is 6.09 Å². The van der Waals surface area contributed by atoms with Crippen LogP contribution in [0.1, 0.15) is 46.5 Å². The summed E-state index contributed by atoms with van der Waals surface area (Å²) in [6.07, 6.45) is 3.94. The van der Waals surface area contributed by atoms with E-state index in [1.54, 1.807) is 19.1 Å². The van der Waals surface area contributed by atoms with Crippen LogP contribution in [-0.4, -0.2) is 42.9 Å². The molecule has 1 aliphatic rings. The monoisotopic (exact) mass is 243 g/mol. The Hall–Kier alpha value is -0.770. The Balaban J connectivity index is 2.38. The standard InChI is InChI=1S/C13H25NO3/c1-13(2,3)14(4)12(15)17-11-8-6-10(16-5)7-9-11/h10-11H,6-9H2,1-5H3. The molecule has 0 aliphatic heterocycles. The molecular formula is C13H25NO3. The zero-order chi connectivity index (χ0) is 13.1. The van der Waals surface area contributed by atoms with Gasteiger partial charge in [0.2, 0.25) is 0 Å². The average molecular weight is 243 g/mol. The van der Waals surface area contributed by atoms with E-state index >= 15 is 0 Å². The maximum Gasteiger partial charge on any atom is 0.410 e. The Morgan fingerprint density at radius 2 is 1.59 bits per heavy atom. The Morgan fingerprint density at radius 3 is 2.00 bits per heavy atom. The van der Waals surface area contributed by atoms with Crippen LogP contribution < -0.4 is 0 Å². The fourth-order valence-electron chi connectivity index (χ4n) is 1.88. The first-order valence-corrected chi connectivity index (χ1v) is 6.32. The number of ether oxygens (including phenoxy) is 2. The van der Waals surface area contributed by atoms with Crippen molar-refractivity contribution in [3.05, 3.63) is 0 Å². The largest absolute Gasteiger partial charge is 0.446 e. The van der Waals surface area contributed by atoms with E-state index in [4.69, 9.17) is 9.47 Å². The molecule has 0 unspecified atom stereocenters. The summed E-state index contributed by atoms with van der Waals surface area (Å²) in [7, 11) is 3.52. The molecule has 4 nitrogen and oxygen atoms in total. The minimum atomic E-state index is -0.224. The lowest BCUT2D eigenvalue weighted by Crippen LogP contribution is -2.44. The summed E-state index contributed by atoms with van der Waals surface area (Å²) in [5.74, 6) is 0. The van der Waals surface area contributed by atoms with Crippen molar-refractivity contribution in [2.45, 2.75) is 64.2 Å². The zero-order valence-corrected chi connectivity index (χ0v) is 11.7. The van der Waals surface area contributed by atoms with Gasteiger partial charge in [0.1, 0.15) is 6.10 Å². The normalized spacial score (nSPS) is 25.5. The number of hydrogen-bond donors (Lipinski definition) is 0. The smallest absolute Gasteiger partial charge is 0.410 e. The number of carbonyl (C=O) groups is 1. The molecule has 0 aromatic heterocycles. The maximum absolute atomic E-state index is 11.9. The van der Waals surface area contributed by atoms with Gasteiger partial charge in [0.25, 0.3) is 0 Å². The molecule has 0 saturated heterocycles. The van der Waals surface area contributed by atoms with E-state index in [9.17, 15) is 4.79 Å². The van der Waals surface area contributed by atoms with Gasteiger partial charge in [-0.3, -0.25) is 0 Å². The summed E-state index contributed by atoms with van der Waals surface area (Å²) in [5.41, 5.74) is -0.194. The van der Waals surface area contributed by atoms with Crippen LogP contribution in [0.25, 0.3) is 0 Å². The van der Waals surface area contributed by atoms with Gasteiger partial charge in [-0.05, 0) is 46.5 Å². The number of rotatable bonds is 2. The van der Waals surface area contributed by atoms with Crippen molar-refractivity contribution in [2.24, 2.45) is 0 Å². The van der Waals surface area contributed by atoms with Gasteiger partial charge in [0, 0.05) is 19.7 Å². The van der Waals surface area contributed by atoms with E-state index in [1.807, 2.05) is 20.8 Å². The van der Waals surface area contributed by atoms with Crippen LogP contribution in [0.4, 0.5) is 4.79 Å². The first-order chi connectivity index (χ1) is 7.84. The van der Waals surface area contributed by atoms with Crippen molar-refractivity contribution in [3.63, 3.8) is 0 Å². The number of amides is 1. The van der Waals surface area contributed by atoms with E-state index in [2.05, 4.69) is 0 Å². The predicted molar refractivity (Wildman–Crippen MR) is 67.1 cm³/mol. The Kier molecular flexibility index (Phi) is 4.80. The fourth-order valence-corrected chi connectivity index (χ4v) is 1.88. The third kappa shape index (κ3) is 4.19. The van der Waals surface area contributed by atoms with Crippen molar-refractivity contribution in [1.82, 2.24) is 4.90 Å². The van der Waals surface area contributed by atoms with E-state index in [0.717, 1.165) is 25.7 Å². The van der Waals surface area contributed by atoms with E-state index < -0.39 is 0 Å². The van der Waals surface area contributed by atoms with E-state index in [-0.39, 0.29) is 17.7 Å². The first kappa shape index (κ1) is 14.3. The molecule has 0 radical (unpaired) electrons. The Labute approximate surface area is 104 Å². The van der Waals surface area contributed by atoms with E-state index in [0.29, 0.717) is 6.10 Å². The van der Waals surface area contributed by atoms with Crippen molar-refractivity contribution < 1.29 is 14.3 Å². The van der Waals surface area contributed by atoms with Gasteiger partial charge in [-0.1, -0.05) is 0 Å². The lowest BCUT2D eigenvalue weighted by Gasteiger charge is -2.34. The molecule has 1 aliphatic carbocycles. The van der Waals surface area contributed by atoms with Crippen LogP contribution in [-0.2, 0) is 9.47 Å². The third-order valence-corrected chi connectivity index (χ3v) is 3.50. The highest BCUT2D eigenvalue weighted by molar-refractivity contribution is 5.68. The van der Waals surface area contributed by atoms with Crippen LogP contribution in [0.15, 0.2) is 0 Å². The maximum atomic E-state index is 11.9. The molecule has 17 heavy (non-hydrogen) atoms. The highest BCUT2D eigenvalue weighted by Gasteiger charge is 2.28. The van der Waals surface area contributed by atoms with Gasteiger partial charge in [-0.2, -0.15) is 0 Å². The van der Waals surface area contributed by atoms with Gasteiger partial charge >= 0.3 is 6.09 Å². The van der Waals surface area contributed by atoms with Gasteiger partial charge < -0.3 is 14.4 Å². The molecule has 0 atom stereocenters. The van der Waals surface area contributed by atoms with Crippen LogP contribution in [0.3, 0.4) is 0 Å². The third-order valence-electron chi connectivity index (χ3n) is 3.50. The molecule has 0 aromatic carbocycles. The molecule has 0 bridgehead atoms. The molecule has 1 fully saturated rings. The van der Waals surface area contributed by atoms with E-state index in [1.165, 1.54) is 0 Å². The average Bonchev–Trinajstić information content (AvgIpc) is 2.27. The van der Waals surface area contributed by atoms with Crippen LogP contribution in [0.5, 0.6) is 0 Å². The lowest BCUT2D eigenvalue weighted by atomic mass is 9.95. The fraction of sp³-hybridized carbons (Fsp3) is 0.923. The summed E-state index contributed by atoms with van der Waals surface area (Å²) in [6, 6.07) is 0. The van der Waals surface area contributed by atoms with Crippen LogP contribution in [0.2, 0.25) is 0 Å². The summed E-state index contributed by atoms with van der Waals surface area (Å²) >= 11 is 0. The predicted octanol–water partition coefficient (Wildman–Crippen LogP) is 2.81. The molecule has 100 valence electrons. The number of hydrogen-bond acceptors (Lipinski definition) is 3. The summed E-state index contributed by atoms with van der Waals surface area (Å²) < 4.78 is 10.8. The molecule has 0 spiro atoms. The topological polar surface area (TPSA) is 38.8 Å². The van der Waals surface area contributed by atoms with Gasteiger partial charge in [-0.25, -0.2) is 4.79 Å². The summed E-state index contributed by atoms with van der Waals surface area (Å²) in [5, 5.41) is 0. The van der Waals surface area contributed by atoms with Gasteiger partial charge in [0.15, 0.2) is 0 Å². The molecule has 1 saturated carbocycles. The minimum absolute atomic E-state index is 0.0544. The Morgan fingerprint density at radius 1 is 1.12 bits per heavy atom. The molecule has 4 heteroatoms. The van der Waals surface area contributed by atoms with Crippen molar-refractivity contribution in [3.8, 4) is 0 Å². The molecule has 0 aromatic rings. The first-order valence-electron chi connectivity index (χ1n) is 6.32. The second-order valence-electron chi connectivity index (χ2n) is 5.75. The number of nitrogens with zero attached hydrogens (tertiary/aromatic N) is 1. The molecular weight excluding hydrogens is 218 g/mol. The summed E-state index contributed by atoms with van der Waals surface area (Å²) in [4.78, 5) is 13.5. The second kappa shape index (κ2) is 5.71. The molecule has 1 rings (SSSR count). The zero-order valence-electron chi connectivity index (χ0n) is 11.7. The molecule has 0 N–H and O–H groups in total. The lowest BCUT2D eigenvalue weighted by molar-refractivity contribution is -0.00324. The van der Waals surface area contributed by atoms with Crippen molar-refractivity contribution in [1.29, 1.82) is 0 Å². The van der Waals surface area contributed by atoms with Gasteiger partial charge in [0.05, 0.1) is 6.10 Å². The SMILES string of the molecule is COC1CCC(OC(=O)N(C)C(C)(C)C)CC1. The van der Waals surface area contributed by atoms with Gasteiger partial charge in [-0.15, -0.1) is 0 Å². The van der Waals surface area contributed by atoms with Crippen molar-refractivity contribution in [2.75, 3.05) is 14.2 Å². The second-order valence-corrected chi connectivity index (χ2v) is 5.75. The minimum Gasteiger partial charge on any atom is -0.446 e. The van der Waals surface area contributed by atoms with Crippen LogP contribution >= 0.6 is 0 Å². The highest BCUT2D eigenvalue weighted by atomic mass is 16.6. The number of carbonyl (C=O) groups excluding carboxylic acids is 1. The molecule has 0 heterocycles. The summed E-state index contributed by atoms with van der Waals surface area (Å²) in [6.45, 7) is 5.99. The quantitative estimate of drug-likeness (QED) is 0.748. The number of methoxy groups -OCH3 is 1. The van der Waals surface area contributed by atoms with Crippen LogP contribution in [0, 0.1) is 0 Å². The molecule has 1 amide bonds.